The number of carbonyl (C=O) groups excluding carboxylic acids is 1. The van der Waals surface area contributed by atoms with Gasteiger partial charge < -0.3 is 4.79 Å². The van der Waals surface area contributed by atoms with Gasteiger partial charge >= 0.3 is 0 Å². The van der Waals surface area contributed by atoms with Gasteiger partial charge in [0.15, 0.2) is 0 Å². The fourth-order valence-electron chi connectivity index (χ4n) is 2.41. The van der Waals surface area contributed by atoms with Crippen LogP contribution in [0.15, 0.2) is 24.8 Å². The quantitative estimate of drug-likeness (QED) is 0.493. The molecule has 0 spiro atoms. The van der Waals surface area contributed by atoms with Crippen molar-refractivity contribution in [2.24, 2.45) is 23.7 Å². The second kappa shape index (κ2) is 5.14. The van der Waals surface area contributed by atoms with Gasteiger partial charge in [-0.1, -0.05) is 32.1 Å². The summed E-state index contributed by atoms with van der Waals surface area (Å²) in [4.78, 5) is 10.9. The Morgan fingerprint density at radius 3 is 2.71 bits per heavy atom. The number of aldehydes is 1. The third-order valence-corrected chi connectivity index (χ3v) is 3.21. The minimum absolute atomic E-state index is 0.106. The van der Waals surface area contributed by atoms with Crippen molar-refractivity contribution in [1.82, 2.24) is 0 Å². The highest BCUT2D eigenvalue weighted by atomic mass is 16.1. The van der Waals surface area contributed by atoms with Crippen molar-refractivity contribution in [1.29, 1.82) is 0 Å². The van der Waals surface area contributed by atoms with E-state index in [9.17, 15) is 4.79 Å². The zero-order valence-corrected chi connectivity index (χ0v) is 9.15. The van der Waals surface area contributed by atoms with E-state index in [0.717, 1.165) is 19.1 Å². The zero-order chi connectivity index (χ0) is 10.6. The molecular formula is C13H20O. The van der Waals surface area contributed by atoms with Crippen LogP contribution < -0.4 is 0 Å². The lowest BCUT2D eigenvalue weighted by Gasteiger charge is -2.32. The van der Waals surface area contributed by atoms with Crippen LogP contribution in [0.2, 0.25) is 0 Å². The maximum Gasteiger partial charge on any atom is 0.127 e. The van der Waals surface area contributed by atoms with Crippen LogP contribution in [-0.2, 0) is 4.79 Å². The van der Waals surface area contributed by atoms with Crippen molar-refractivity contribution in [3.63, 3.8) is 0 Å². The summed E-state index contributed by atoms with van der Waals surface area (Å²) in [6, 6.07) is 0. The molecular weight excluding hydrogens is 172 g/mol. The van der Waals surface area contributed by atoms with Crippen LogP contribution in [-0.4, -0.2) is 6.29 Å². The minimum atomic E-state index is 0.106. The normalized spacial score (nSPS) is 28.8. The van der Waals surface area contributed by atoms with E-state index in [1.54, 1.807) is 0 Å². The molecule has 0 aromatic heterocycles. The fraction of sp³-hybridized carbons (Fsp3) is 0.615. The molecule has 0 N–H and O–H groups in total. The third kappa shape index (κ3) is 2.34. The molecule has 1 aliphatic rings. The summed E-state index contributed by atoms with van der Waals surface area (Å²) in [7, 11) is 0. The average molecular weight is 192 g/mol. The zero-order valence-electron chi connectivity index (χ0n) is 9.15. The van der Waals surface area contributed by atoms with E-state index >= 15 is 0 Å². The molecule has 14 heavy (non-hydrogen) atoms. The van der Waals surface area contributed by atoms with Crippen LogP contribution in [0.25, 0.3) is 0 Å². The van der Waals surface area contributed by atoms with Crippen molar-refractivity contribution in [3.05, 3.63) is 24.8 Å². The molecule has 0 aromatic carbocycles. The van der Waals surface area contributed by atoms with Gasteiger partial charge in [0.05, 0.1) is 0 Å². The Hall–Kier alpha value is -0.850. The molecule has 3 unspecified atom stereocenters. The number of allylic oxidation sites excluding steroid dienone is 3. The molecule has 0 amide bonds. The first kappa shape index (κ1) is 11.2. The summed E-state index contributed by atoms with van der Waals surface area (Å²) in [6.07, 6.45) is 9.50. The Bertz CT molecular complexity index is 227. The van der Waals surface area contributed by atoms with Crippen molar-refractivity contribution in [2.45, 2.75) is 26.7 Å². The Kier molecular flexibility index (Phi) is 4.12. The third-order valence-electron chi connectivity index (χ3n) is 3.21. The molecule has 0 radical (unpaired) electrons. The van der Waals surface area contributed by atoms with Crippen LogP contribution in [0.1, 0.15) is 26.7 Å². The van der Waals surface area contributed by atoms with Gasteiger partial charge in [-0.2, -0.15) is 0 Å². The van der Waals surface area contributed by atoms with Crippen LogP contribution in [0, 0.1) is 23.7 Å². The standard InChI is InChI=1S/C13H20O/c1-4-12(10(2)3)13-8-6-5-7-11(13)9-14/h4-5,7,9-13H,1,6,8H2,2-3H3. The van der Waals surface area contributed by atoms with E-state index < -0.39 is 0 Å². The lowest BCUT2D eigenvalue weighted by Crippen LogP contribution is -2.27. The van der Waals surface area contributed by atoms with Crippen molar-refractivity contribution >= 4 is 6.29 Å². The lowest BCUT2D eigenvalue weighted by atomic mass is 9.72. The first-order chi connectivity index (χ1) is 6.70. The van der Waals surface area contributed by atoms with Gasteiger partial charge in [0.2, 0.25) is 0 Å². The van der Waals surface area contributed by atoms with Gasteiger partial charge in [-0.15, -0.1) is 6.58 Å². The molecule has 1 heteroatoms. The molecule has 78 valence electrons. The van der Waals surface area contributed by atoms with Gasteiger partial charge in [-0.25, -0.2) is 0 Å². The summed E-state index contributed by atoms with van der Waals surface area (Å²) in [5.41, 5.74) is 0. The van der Waals surface area contributed by atoms with E-state index in [-0.39, 0.29) is 5.92 Å². The minimum Gasteiger partial charge on any atom is -0.303 e. The summed E-state index contributed by atoms with van der Waals surface area (Å²) in [5.74, 6) is 1.62. The van der Waals surface area contributed by atoms with Gasteiger partial charge in [-0.05, 0) is 30.6 Å². The predicted octanol–water partition coefficient (Wildman–Crippen LogP) is 3.23. The summed E-state index contributed by atoms with van der Waals surface area (Å²) in [6.45, 7) is 8.29. The first-order valence-corrected chi connectivity index (χ1v) is 5.45. The molecule has 0 fully saturated rings. The van der Waals surface area contributed by atoms with E-state index in [1.165, 1.54) is 0 Å². The second-order valence-corrected chi connectivity index (χ2v) is 4.44. The largest absolute Gasteiger partial charge is 0.303 e. The Balaban J connectivity index is 2.77. The highest BCUT2D eigenvalue weighted by Crippen LogP contribution is 2.34. The highest BCUT2D eigenvalue weighted by Gasteiger charge is 2.29. The molecule has 0 aliphatic heterocycles. The van der Waals surface area contributed by atoms with Gasteiger partial charge in [0, 0.05) is 5.92 Å². The van der Waals surface area contributed by atoms with Crippen LogP contribution >= 0.6 is 0 Å². The van der Waals surface area contributed by atoms with Gasteiger partial charge in [0.1, 0.15) is 6.29 Å². The number of rotatable bonds is 4. The van der Waals surface area contributed by atoms with Gasteiger partial charge in [0.25, 0.3) is 0 Å². The maximum absolute atomic E-state index is 10.9. The fourth-order valence-corrected chi connectivity index (χ4v) is 2.41. The smallest absolute Gasteiger partial charge is 0.127 e. The SMILES string of the molecule is C=CC(C(C)C)C1CCC=CC1C=O. The second-order valence-electron chi connectivity index (χ2n) is 4.44. The maximum atomic E-state index is 10.9. The van der Waals surface area contributed by atoms with E-state index in [0.29, 0.717) is 17.8 Å². The van der Waals surface area contributed by atoms with E-state index in [4.69, 9.17) is 0 Å². The molecule has 1 rings (SSSR count). The highest BCUT2D eigenvalue weighted by molar-refractivity contribution is 5.57. The lowest BCUT2D eigenvalue weighted by molar-refractivity contribution is -0.111. The van der Waals surface area contributed by atoms with Crippen molar-refractivity contribution in [3.8, 4) is 0 Å². The molecule has 1 aliphatic carbocycles. The Morgan fingerprint density at radius 2 is 2.21 bits per heavy atom. The Morgan fingerprint density at radius 1 is 1.50 bits per heavy atom. The molecule has 0 saturated heterocycles. The molecule has 0 saturated carbocycles. The predicted molar refractivity (Wildman–Crippen MR) is 59.9 cm³/mol. The van der Waals surface area contributed by atoms with Crippen LogP contribution in [0.3, 0.4) is 0 Å². The number of carbonyl (C=O) groups is 1. The average Bonchev–Trinajstić information content (AvgIpc) is 2.19. The van der Waals surface area contributed by atoms with E-state index in [1.807, 2.05) is 6.08 Å². The molecule has 0 heterocycles. The monoisotopic (exact) mass is 192 g/mol. The number of hydrogen-bond donors (Lipinski definition) is 0. The van der Waals surface area contributed by atoms with Crippen molar-refractivity contribution < 1.29 is 4.79 Å². The van der Waals surface area contributed by atoms with E-state index in [2.05, 4.69) is 32.6 Å². The molecule has 0 bridgehead atoms. The molecule has 3 atom stereocenters. The molecule has 0 aromatic rings. The van der Waals surface area contributed by atoms with Crippen LogP contribution in [0.5, 0.6) is 0 Å². The first-order valence-electron chi connectivity index (χ1n) is 5.45. The van der Waals surface area contributed by atoms with Gasteiger partial charge in [-0.3, -0.25) is 0 Å². The topological polar surface area (TPSA) is 17.1 Å². The summed E-state index contributed by atoms with van der Waals surface area (Å²) >= 11 is 0. The van der Waals surface area contributed by atoms with Crippen LogP contribution in [0.4, 0.5) is 0 Å². The summed E-state index contributed by atoms with van der Waals surface area (Å²) in [5, 5.41) is 0. The van der Waals surface area contributed by atoms with Crippen molar-refractivity contribution in [2.75, 3.05) is 0 Å². The number of hydrogen-bond acceptors (Lipinski definition) is 1. The summed E-state index contributed by atoms with van der Waals surface area (Å²) < 4.78 is 0. The molecule has 1 nitrogen and oxygen atoms in total. The Labute approximate surface area is 86.9 Å².